The second-order valence-electron chi connectivity index (χ2n) is 4.49. The molecule has 1 nitrogen and oxygen atoms in total. The highest BCUT2D eigenvalue weighted by Gasteiger charge is 2.16. The minimum Gasteiger partial charge on any atom is -0.396 e. The van der Waals surface area contributed by atoms with Gasteiger partial charge in [-0.2, -0.15) is 0 Å². The van der Waals surface area contributed by atoms with Crippen molar-refractivity contribution in [1.82, 2.24) is 0 Å². The standard InChI is InChI=1S/C15H12Cl4O/c16-11-2-1-9(14(18)6-11)5-10(8-20)13-4-3-12(17)7-15(13)19/h1-4,6-7,10,20H,5,8H2/t10-/m0/s1. The molecule has 106 valence electrons. The third-order valence-electron chi connectivity index (χ3n) is 3.10. The Labute approximate surface area is 138 Å². The van der Waals surface area contributed by atoms with Crippen LogP contribution in [0.15, 0.2) is 36.4 Å². The second kappa shape index (κ2) is 7.02. The van der Waals surface area contributed by atoms with Crippen LogP contribution in [0.5, 0.6) is 0 Å². The van der Waals surface area contributed by atoms with Crippen molar-refractivity contribution in [3.63, 3.8) is 0 Å². The fourth-order valence-electron chi connectivity index (χ4n) is 2.06. The van der Waals surface area contributed by atoms with Gasteiger partial charge in [0.1, 0.15) is 0 Å². The third-order valence-corrected chi connectivity index (χ3v) is 4.25. The minimum atomic E-state index is -0.140. The van der Waals surface area contributed by atoms with Crippen molar-refractivity contribution in [3.8, 4) is 0 Å². The molecule has 1 atom stereocenters. The highest BCUT2D eigenvalue weighted by molar-refractivity contribution is 6.35. The molecule has 0 aliphatic carbocycles. The molecule has 0 aromatic heterocycles. The summed E-state index contributed by atoms with van der Waals surface area (Å²) in [5.41, 5.74) is 1.77. The summed E-state index contributed by atoms with van der Waals surface area (Å²) in [6.45, 7) is -0.0275. The summed E-state index contributed by atoms with van der Waals surface area (Å²) in [7, 11) is 0. The number of rotatable bonds is 4. The highest BCUT2D eigenvalue weighted by atomic mass is 35.5. The predicted octanol–water partition coefficient (Wildman–Crippen LogP) is 5.62. The molecular weight excluding hydrogens is 338 g/mol. The lowest BCUT2D eigenvalue weighted by Crippen LogP contribution is -2.09. The van der Waals surface area contributed by atoms with Crippen molar-refractivity contribution in [1.29, 1.82) is 0 Å². The van der Waals surface area contributed by atoms with Gasteiger partial charge < -0.3 is 5.11 Å². The smallest absolute Gasteiger partial charge is 0.0503 e. The summed E-state index contributed by atoms with van der Waals surface area (Å²) in [4.78, 5) is 0. The number of benzene rings is 2. The van der Waals surface area contributed by atoms with Gasteiger partial charge in [0.2, 0.25) is 0 Å². The van der Waals surface area contributed by atoms with E-state index in [0.29, 0.717) is 26.5 Å². The number of hydrogen-bond donors (Lipinski definition) is 1. The first-order valence-electron chi connectivity index (χ1n) is 6.01. The van der Waals surface area contributed by atoms with Crippen LogP contribution >= 0.6 is 46.4 Å². The first-order valence-corrected chi connectivity index (χ1v) is 7.52. The Balaban J connectivity index is 2.28. The van der Waals surface area contributed by atoms with Crippen LogP contribution in [0.2, 0.25) is 20.1 Å². The van der Waals surface area contributed by atoms with Crippen molar-refractivity contribution < 1.29 is 5.11 Å². The molecule has 2 aromatic rings. The van der Waals surface area contributed by atoms with E-state index >= 15 is 0 Å². The summed E-state index contributed by atoms with van der Waals surface area (Å²) in [5.74, 6) is -0.140. The maximum Gasteiger partial charge on any atom is 0.0503 e. The molecule has 0 aliphatic heterocycles. The Hall–Kier alpha value is -0.440. The van der Waals surface area contributed by atoms with E-state index in [1.807, 2.05) is 12.1 Å². The largest absolute Gasteiger partial charge is 0.396 e. The van der Waals surface area contributed by atoms with Crippen LogP contribution in [-0.2, 0) is 6.42 Å². The van der Waals surface area contributed by atoms with E-state index in [2.05, 4.69) is 0 Å². The SMILES string of the molecule is OC[C@H](Cc1ccc(Cl)cc1Cl)c1ccc(Cl)cc1Cl. The average molecular weight is 350 g/mol. The molecule has 0 saturated carbocycles. The van der Waals surface area contributed by atoms with E-state index < -0.39 is 0 Å². The lowest BCUT2D eigenvalue weighted by atomic mass is 9.92. The van der Waals surface area contributed by atoms with Crippen LogP contribution in [0.25, 0.3) is 0 Å². The molecule has 0 aliphatic rings. The first kappa shape index (κ1) is 15.9. The van der Waals surface area contributed by atoms with E-state index in [9.17, 15) is 5.11 Å². The molecule has 0 bridgehead atoms. The van der Waals surface area contributed by atoms with Gasteiger partial charge in [-0.15, -0.1) is 0 Å². The molecule has 0 unspecified atom stereocenters. The van der Waals surface area contributed by atoms with Gasteiger partial charge >= 0.3 is 0 Å². The summed E-state index contributed by atoms with van der Waals surface area (Å²) in [6, 6.07) is 10.6. The fraction of sp³-hybridized carbons (Fsp3) is 0.200. The highest BCUT2D eigenvalue weighted by Crippen LogP contribution is 2.32. The lowest BCUT2D eigenvalue weighted by Gasteiger charge is -2.17. The van der Waals surface area contributed by atoms with E-state index in [1.54, 1.807) is 24.3 Å². The molecule has 0 radical (unpaired) electrons. The van der Waals surface area contributed by atoms with Crippen molar-refractivity contribution in [3.05, 3.63) is 67.6 Å². The van der Waals surface area contributed by atoms with Crippen LogP contribution < -0.4 is 0 Å². The number of aliphatic hydroxyl groups is 1. The Kier molecular flexibility index (Phi) is 5.59. The van der Waals surface area contributed by atoms with Gasteiger partial charge in [-0.25, -0.2) is 0 Å². The zero-order chi connectivity index (χ0) is 14.7. The molecule has 0 spiro atoms. The molecule has 2 rings (SSSR count). The zero-order valence-corrected chi connectivity index (χ0v) is 13.4. The minimum absolute atomic E-state index is 0.0275. The van der Waals surface area contributed by atoms with Crippen LogP contribution in [0.3, 0.4) is 0 Å². The third kappa shape index (κ3) is 3.81. The molecule has 1 N–H and O–H groups in total. The maximum atomic E-state index is 9.62. The molecule has 0 fully saturated rings. The topological polar surface area (TPSA) is 20.2 Å². The quantitative estimate of drug-likeness (QED) is 0.759. The van der Waals surface area contributed by atoms with Crippen LogP contribution in [0, 0.1) is 0 Å². The molecule has 0 amide bonds. The molecular formula is C15H12Cl4O. The van der Waals surface area contributed by atoms with Crippen molar-refractivity contribution >= 4 is 46.4 Å². The average Bonchev–Trinajstić information content (AvgIpc) is 2.39. The van der Waals surface area contributed by atoms with Gasteiger partial charge in [-0.3, -0.25) is 0 Å². The van der Waals surface area contributed by atoms with Gasteiger partial charge in [0, 0.05) is 26.0 Å². The summed E-state index contributed by atoms with van der Waals surface area (Å²) in [5, 5.41) is 11.9. The molecule has 0 heterocycles. The van der Waals surface area contributed by atoms with Gasteiger partial charge in [0.15, 0.2) is 0 Å². The number of hydrogen-bond acceptors (Lipinski definition) is 1. The molecule has 5 heteroatoms. The van der Waals surface area contributed by atoms with Gasteiger partial charge in [0.25, 0.3) is 0 Å². The summed E-state index contributed by atoms with van der Waals surface area (Å²) < 4.78 is 0. The first-order chi connectivity index (χ1) is 9.51. The van der Waals surface area contributed by atoms with Crippen LogP contribution in [0.4, 0.5) is 0 Å². The predicted molar refractivity (Wildman–Crippen MR) is 86.5 cm³/mol. The van der Waals surface area contributed by atoms with E-state index in [4.69, 9.17) is 46.4 Å². The fourth-order valence-corrected chi connectivity index (χ4v) is 3.11. The van der Waals surface area contributed by atoms with Gasteiger partial charge in [-0.1, -0.05) is 58.5 Å². The molecule has 20 heavy (non-hydrogen) atoms. The van der Waals surface area contributed by atoms with Crippen molar-refractivity contribution in [2.45, 2.75) is 12.3 Å². The number of aliphatic hydroxyl groups excluding tert-OH is 1. The van der Waals surface area contributed by atoms with Crippen LogP contribution in [0.1, 0.15) is 17.0 Å². The normalized spacial score (nSPS) is 12.4. The van der Waals surface area contributed by atoms with Gasteiger partial charge in [-0.05, 0) is 41.8 Å². The summed E-state index contributed by atoms with van der Waals surface area (Å²) in [6.07, 6.45) is 0.577. The van der Waals surface area contributed by atoms with E-state index in [-0.39, 0.29) is 12.5 Å². The molecule has 2 aromatic carbocycles. The van der Waals surface area contributed by atoms with Crippen molar-refractivity contribution in [2.24, 2.45) is 0 Å². The number of halogens is 4. The summed E-state index contributed by atoms with van der Waals surface area (Å²) >= 11 is 24.1. The Bertz CT molecular complexity index is 613. The van der Waals surface area contributed by atoms with Crippen LogP contribution in [-0.4, -0.2) is 11.7 Å². The molecule has 0 saturated heterocycles. The van der Waals surface area contributed by atoms with Gasteiger partial charge in [0.05, 0.1) is 6.61 Å². The Morgan fingerprint density at radius 2 is 1.45 bits per heavy atom. The Morgan fingerprint density at radius 3 is 2.00 bits per heavy atom. The second-order valence-corrected chi connectivity index (χ2v) is 6.17. The Morgan fingerprint density at radius 1 is 0.850 bits per heavy atom. The maximum absolute atomic E-state index is 9.62. The van der Waals surface area contributed by atoms with E-state index in [1.165, 1.54) is 0 Å². The zero-order valence-electron chi connectivity index (χ0n) is 10.4. The lowest BCUT2D eigenvalue weighted by molar-refractivity contribution is 0.264. The monoisotopic (exact) mass is 348 g/mol. The van der Waals surface area contributed by atoms with Crippen molar-refractivity contribution in [2.75, 3.05) is 6.61 Å². The van der Waals surface area contributed by atoms with E-state index in [0.717, 1.165) is 11.1 Å².